The first kappa shape index (κ1) is 24.6. The molecule has 0 aliphatic carbocycles. The van der Waals surface area contributed by atoms with E-state index < -0.39 is 5.60 Å². The highest BCUT2D eigenvalue weighted by molar-refractivity contribution is 5.98. The maximum absolute atomic E-state index is 13.7. The van der Waals surface area contributed by atoms with E-state index in [0.717, 1.165) is 50.8 Å². The predicted octanol–water partition coefficient (Wildman–Crippen LogP) is 5.60. The number of imidazole rings is 1. The Bertz CT molecular complexity index is 1690. The van der Waals surface area contributed by atoms with Crippen molar-refractivity contribution in [2.24, 2.45) is 0 Å². The Hall–Kier alpha value is -4.78. The fourth-order valence-electron chi connectivity index (χ4n) is 5.34. The highest BCUT2D eigenvalue weighted by Gasteiger charge is 2.52. The first-order valence-electron chi connectivity index (χ1n) is 12.8. The van der Waals surface area contributed by atoms with Crippen molar-refractivity contribution in [1.82, 2.24) is 9.38 Å². The molecule has 1 aliphatic rings. The second-order valence-corrected chi connectivity index (χ2v) is 10.1. The Balaban J connectivity index is 1.70. The van der Waals surface area contributed by atoms with Crippen LogP contribution in [0.25, 0.3) is 16.9 Å². The summed E-state index contributed by atoms with van der Waals surface area (Å²) in [6.07, 6.45) is 1.97. The Kier molecular flexibility index (Phi) is 5.79. The Labute approximate surface area is 227 Å². The lowest BCUT2D eigenvalue weighted by Crippen LogP contribution is -2.32. The van der Waals surface area contributed by atoms with E-state index in [2.05, 4.69) is 0 Å². The van der Waals surface area contributed by atoms with Gasteiger partial charge in [0, 0.05) is 62.5 Å². The van der Waals surface area contributed by atoms with Gasteiger partial charge in [0.15, 0.2) is 0 Å². The lowest BCUT2D eigenvalue weighted by Gasteiger charge is -2.31. The van der Waals surface area contributed by atoms with Gasteiger partial charge in [-0.1, -0.05) is 24.3 Å². The van der Waals surface area contributed by atoms with Gasteiger partial charge < -0.3 is 19.3 Å². The molecule has 3 heterocycles. The molecule has 1 unspecified atom stereocenters. The maximum Gasteiger partial charge on any atom is 0.340 e. The number of hydrogen-bond acceptors (Lipinski definition) is 6. The third-order valence-corrected chi connectivity index (χ3v) is 7.38. The van der Waals surface area contributed by atoms with E-state index in [1.54, 1.807) is 7.11 Å². The number of nitrogens with zero attached hydrogens (tertiary/aromatic N) is 4. The number of methoxy groups -OCH3 is 1. The monoisotopic (exact) mass is 518 g/mol. The zero-order valence-electron chi connectivity index (χ0n) is 22.7. The number of esters is 1. The van der Waals surface area contributed by atoms with Crippen LogP contribution in [0.4, 0.5) is 11.4 Å². The number of hydrogen-bond donors (Lipinski definition) is 0. The molecule has 0 spiro atoms. The molecule has 2 aromatic heterocycles. The van der Waals surface area contributed by atoms with Gasteiger partial charge in [-0.25, -0.2) is 9.78 Å². The number of cyclic esters (lactones) is 1. The second kappa shape index (κ2) is 9.20. The van der Waals surface area contributed by atoms with Gasteiger partial charge in [0.05, 0.1) is 18.4 Å². The molecule has 5 aromatic rings. The van der Waals surface area contributed by atoms with Crippen LogP contribution in [0.1, 0.15) is 27.2 Å². The maximum atomic E-state index is 13.7. The standard InChI is InChI=1S/C32H30N4O3/c1-34(2)23-13-11-22(12-14-23)32(27-18-15-24(35(3)4)20-26(27)31(37)39-32)30-29(21-9-16-25(38-5)17-10-21)33-28-8-6-7-19-36(28)30/h6-20H,1-5H3. The minimum atomic E-state index is -1.22. The summed E-state index contributed by atoms with van der Waals surface area (Å²) < 4.78 is 14.0. The van der Waals surface area contributed by atoms with Crippen LogP contribution in [0.2, 0.25) is 0 Å². The zero-order chi connectivity index (χ0) is 27.3. The molecule has 0 bridgehead atoms. The molecular weight excluding hydrogens is 488 g/mol. The topological polar surface area (TPSA) is 59.3 Å². The van der Waals surface area contributed by atoms with Crippen molar-refractivity contribution in [1.29, 1.82) is 0 Å². The molecule has 0 saturated carbocycles. The number of pyridine rings is 1. The number of benzene rings is 3. The van der Waals surface area contributed by atoms with Gasteiger partial charge in [0.1, 0.15) is 17.1 Å². The smallest absolute Gasteiger partial charge is 0.340 e. The van der Waals surface area contributed by atoms with Crippen molar-refractivity contribution in [2.45, 2.75) is 5.60 Å². The Morgan fingerprint density at radius 3 is 2.21 bits per heavy atom. The summed E-state index contributed by atoms with van der Waals surface area (Å²) in [4.78, 5) is 22.8. The second-order valence-electron chi connectivity index (χ2n) is 10.1. The molecule has 7 nitrogen and oxygen atoms in total. The zero-order valence-corrected chi connectivity index (χ0v) is 22.7. The molecule has 196 valence electrons. The fraction of sp³-hybridized carbons (Fsp3) is 0.188. The van der Waals surface area contributed by atoms with Crippen molar-refractivity contribution in [3.05, 3.63) is 114 Å². The molecule has 1 aliphatic heterocycles. The molecule has 7 heteroatoms. The van der Waals surface area contributed by atoms with Gasteiger partial charge in [-0.15, -0.1) is 0 Å². The Morgan fingerprint density at radius 1 is 0.846 bits per heavy atom. The van der Waals surface area contributed by atoms with Crippen molar-refractivity contribution in [3.63, 3.8) is 0 Å². The summed E-state index contributed by atoms with van der Waals surface area (Å²) in [6, 6.07) is 27.8. The number of aromatic nitrogens is 2. The van der Waals surface area contributed by atoms with Crippen LogP contribution in [-0.2, 0) is 10.3 Å². The van der Waals surface area contributed by atoms with Gasteiger partial charge in [0.25, 0.3) is 0 Å². The van der Waals surface area contributed by atoms with E-state index >= 15 is 0 Å². The van der Waals surface area contributed by atoms with Crippen LogP contribution in [0.5, 0.6) is 5.75 Å². The molecule has 0 amide bonds. The minimum absolute atomic E-state index is 0.364. The summed E-state index contributed by atoms with van der Waals surface area (Å²) in [5.41, 5.74) is 6.10. The number of carbonyl (C=O) groups is 1. The molecular formula is C32H30N4O3. The van der Waals surface area contributed by atoms with E-state index in [9.17, 15) is 4.79 Å². The summed E-state index contributed by atoms with van der Waals surface area (Å²) in [7, 11) is 9.58. The number of fused-ring (bicyclic) bond motifs is 2. The number of ether oxygens (including phenoxy) is 2. The van der Waals surface area contributed by atoms with Gasteiger partial charge >= 0.3 is 5.97 Å². The highest BCUT2D eigenvalue weighted by atomic mass is 16.6. The number of rotatable bonds is 6. The first-order valence-corrected chi connectivity index (χ1v) is 12.8. The van der Waals surface area contributed by atoms with E-state index in [-0.39, 0.29) is 5.97 Å². The van der Waals surface area contributed by atoms with E-state index in [4.69, 9.17) is 14.5 Å². The average molecular weight is 519 g/mol. The van der Waals surface area contributed by atoms with Crippen molar-refractivity contribution < 1.29 is 14.3 Å². The Morgan fingerprint density at radius 2 is 1.54 bits per heavy atom. The summed E-state index contributed by atoms with van der Waals surface area (Å²) in [6.45, 7) is 0. The van der Waals surface area contributed by atoms with Crippen LogP contribution in [0.3, 0.4) is 0 Å². The lowest BCUT2D eigenvalue weighted by molar-refractivity contribution is 0.0238. The van der Waals surface area contributed by atoms with Crippen molar-refractivity contribution in [3.8, 4) is 17.0 Å². The van der Waals surface area contributed by atoms with E-state index in [1.807, 2.05) is 134 Å². The highest BCUT2D eigenvalue weighted by Crippen LogP contribution is 2.50. The normalized spacial score (nSPS) is 16.2. The first-order chi connectivity index (χ1) is 18.8. The molecule has 3 aromatic carbocycles. The summed E-state index contributed by atoms with van der Waals surface area (Å²) in [5.74, 6) is 0.392. The van der Waals surface area contributed by atoms with Crippen LogP contribution in [-0.4, -0.2) is 50.7 Å². The lowest BCUT2D eigenvalue weighted by atomic mass is 9.80. The largest absolute Gasteiger partial charge is 0.497 e. The molecule has 6 rings (SSSR count). The van der Waals surface area contributed by atoms with E-state index in [0.29, 0.717) is 5.56 Å². The quantitative estimate of drug-likeness (QED) is 0.273. The van der Waals surface area contributed by atoms with E-state index in [1.165, 1.54) is 0 Å². The third kappa shape index (κ3) is 3.81. The van der Waals surface area contributed by atoms with Gasteiger partial charge in [0.2, 0.25) is 5.60 Å². The van der Waals surface area contributed by atoms with Gasteiger partial charge in [-0.3, -0.25) is 4.40 Å². The minimum Gasteiger partial charge on any atom is -0.497 e. The number of anilines is 2. The summed E-state index contributed by atoms with van der Waals surface area (Å²) >= 11 is 0. The van der Waals surface area contributed by atoms with Crippen LogP contribution >= 0.6 is 0 Å². The molecule has 0 saturated heterocycles. The van der Waals surface area contributed by atoms with Crippen molar-refractivity contribution in [2.75, 3.05) is 45.1 Å². The molecule has 39 heavy (non-hydrogen) atoms. The van der Waals surface area contributed by atoms with Gasteiger partial charge in [-0.05, 0) is 60.7 Å². The van der Waals surface area contributed by atoms with Crippen LogP contribution in [0, 0.1) is 0 Å². The molecule has 0 N–H and O–H groups in total. The average Bonchev–Trinajstić information content (AvgIpc) is 3.49. The SMILES string of the molecule is COc1ccc(-c2nc3ccccn3c2C2(c3ccc(N(C)C)cc3)OC(=O)c3cc(N(C)C)ccc32)cc1. The fourth-order valence-corrected chi connectivity index (χ4v) is 5.34. The van der Waals surface area contributed by atoms with Gasteiger partial charge in [-0.2, -0.15) is 0 Å². The van der Waals surface area contributed by atoms with Crippen LogP contribution in [0.15, 0.2) is 91.1 Å². The molecule has 1 atom stereocenters. The number of carbonyl (C=O) groups excluding carboxylic acids is 1. The molecule has 0 radical (unpaired) electrons. The van der Waals surface area contributed by atoms with Crippen molar-refractivity contribution >= 4 is 23.0 Å². The van der Waals surface area contributed by atoms with Crippen LogP contribution < -0.4 is 14.5 Å². The molecule has 0 fully saturated rings. The third-order valence-electron chi connectivity index (χ3n) is 7.38. The summed E-state index contributed by atoms with van der Waals surface area (Å²) in [5, 5.41) is 0. The predicted molar refractivity (Wildman–Crippen MR) is 154 cm³/mol.